The van der Waals surface area contributed by atoms with Crippen LogP contribution in [-0.4, -0.2) is 71.0 Å². The van der Waals surface area contributed by atoms with Crippen LogP contribution < -0.4 is 34.7 Å². The van der Waals surface area contributed by atoms with Crippen LogP contribution in [0.15, 0.2) is 0 Å². The summed E-state index contributed by atoms with van der Waals surface area (Å²) in [5, 5.41) is 9.95. The normalized spacial score (nSPS) is 16.1. The zero-order valence-electron chi connectivity index (χ0n) is 16.1. The van der Waals surface area contributed by atoms with E-state index in [9.17, 15) is 106 Å². The number of aliphatic carboxylic acids is 1. The van der Waals surface area contributed by atoms with Gasteiger partial charge in [0.1, 0.15) is 5.97 Å². The van der Waals surface area contributed by atoms with Gasteiger partial charge in [0.25, 0.3) is 0 Å². The molecule has 0 rings (SSSR count). The van der Waals surface area contributed by atoms with Crippen LogP contribution >= 0.6 is 0 Å². The van der Waals surface area contributed by atoms with Crippen molar-refractivity contribution in [2.24, 2.45) is 0 Å². The first-order valence-electron chi connectivity index (χ1n) is 7.24. The first-order valence-corrected chi connectivity index (χ1v) is 7.24. The first kappa shape index (κ1) is 38.0. The molecule has 0 aliphatic carbocycles. The molecular weight excluding hydrogens is 619 g/mol. The molecule has 0 saturated carbocycles. The smallest absolute Gasteiger partial charge is 0.544 e. The Morgan fingerprint density at radius 2 is 0.649 bits per heavy atom. The summed E-state index contributed by atoms with van der Waals surface area (Å²) >= 11 is 0. The van der Waals surface area contributed by atoms with E-state index in [-0.39, 0.29) is 29.6 Å². The Balaban J connectivity index is 0. The maximum Gasteiger partial charge on any atom is 1.00 e. The predicted octanol–water partition coefficient (Wildman–Crippen LogP) is 2.12. The molecule has 0 radical (unpaired) electrons. The molecule has 0 heterocycles. The van der Waals surface area contributed by atoms with Gasteiger partial charge in [-0.3, -0.25) is 0 Å². The minimum atomic E-state index is -9.36. The van der Waals surface area contributed by atoms with Gasteiger partial charge in [0, 0.05) is 0 Å². The van der Waals surface area contributed by atoms with Crippen molar-refractivity contribution in [3.05, 3.63) is 0 Å². The van der Waals surface area contributed by atoms with Crippen molar-refractivity contribution < 1.29 is 136 Å². The van der Waals surface area contributed by atoms with E-state index in [2.05, 4.69) is 0 Å². The van der Waals surface area contributed by atoms with Crippen molar-refractivity contribution in [2.75, 3.05) is 0 Å². The van der Waals surface area contributed by atoms with E-state index in [1.54, 1.807) is 0 Å². The molecule has 0 atom stereocenters. The molecule has 0 aromatic rings. The fourth-order valence-corrected chi connectivity index (χ4v) is 1.81. The molecule has 26 heteroatoms. The Morgan fingerprint density at radius 1 is 0.432 bits per heavy atom. The van der Waals surface area contributed by atoms with Crippen LogP contribution in [-0.2, 0) is 4.79 Å². The van der Waals surface area contributed by atoms with Crippen molar-refractivity contribution in [1.29, 1.82) is 0 Å². The molecule has 3 nitrogen and oxygen atoms in total. The van der Waals surface area contributed by atoms with Crippen molar-refractivity contribution in [1.82, 2.24) is 4.90 Å². The number of hydrogen-bond acceptors (Lipinski definition) is 3. The van der Waals surface area contributed by atoms with Gasteiger partial charge >= 0.3 is 89.7 Å². The van der Waals surface area contributed by atoms with Crippen LogP contribution in [0.1, 0.15) is 0 Å². The molecule has 0 saturated heterocycles. The van der Waals surface area contributed by atoms with Crippen LogP contribution in [0, 0.1) is 0 Å². The quantitative estimate of drug-likeness (QED) is 0.226. The summed E-state index contributed by atoms with van der Waals surface area (Å²) in [5.41, 5.74) is 0. The second-order valence-electron chi connectivity index (χ2n) is 6.11. The topological polar surface area (TPSA) is 43.4 Å². The van der Waals surface area contributed by atoms with Crippen molar-refractivity contribution in [3.8, 4) is 0 Å². The number of carboxylic acids is 1. The average Bonchev–Trinajstić information content (AvgIpc) is 2.57. The molecule has 0 aromatic heterocycles. The minimum Gasteiger partial charge on any atom is -0.544 e. The van der Waals surface area contributed by atoms with Crippen molar-refractivity contribution >= 4 is 5.97 Å². The molecule has 37 heavy (non-hydrogen) atoms. The van der Waals surface area contributed by atoms with Crippen LogP contribution in [0.3, 0.4) is 0 Å². The third-order valence-electron chi connectivity index (χ3n) is 3.73. The van der Waals surface area contributed by atoms with Gasteiger partial charge in [0.05, 0.1) is 0 Å². The number of alkyl halides is 22. The molecular formula is C11F22NNaO2. The molecule has 0 amide bonds. The van der Waals surface area contributed by atoms with E-state index in [1.807, 2.05) is 0 Å². The molecule has 216 valence electrons. The number of carbonyl (C=O) groups is 1. The van der Waals surface area contributed by atoms with Gasteiger partial charge in [-0.1, -0.05) is 0 Å². The Labute approximate surface area is 207 Å². The summed E-state index contributed by atoms with van der Waals surface area (Å²) in [6, 6.07) is -27.6. The standard InChI is InChI=1S/C11HF22NO2.Na/c12-2(13,1(35)36)9(28,29)34(10(30,31)5(18,19)3(14,15)7(22,23)24)11(32,33)6(20,21)4(16,17)8(25,26)27;/h(H,35,36);/q;+1/p-1. The zero-order chi connectivity index (χ0) is 30.2. The predicted molar refractivity (Wildman–Crippen MR) is 58.5 cm³/mol. The zero-order valence-corrected chi connectivity index (χ0v) is 18.1. The maximum atomic E-state index is 13.7. The number of rotatable bonds is 9. The van der Waals surface area contributed by atoms with E-state index in [0.29, 0.717) is 0 Å². The third-order valence-corrected chi connectivity index (χ3v) is 3.73. The SMILES string of the molecule is O=C([O-])C(F)(F)C(F)(F)N(C(F)(F)C(F)(F)C(F)(F)C(F)(F)F)C(F)(F)C(F)(F)C(F)(F)C(F)(F)F.[Na+]. The summed E-state index contributed by atoms with van der Waals surface area (Å²) in [7, 11) is 0. The van der Waals surface area contributed by atoms with Crippen LogP contribution in [0.25, 0.3) is 0 Å². The van der Waals surface area contributed by atoms with Gasteiger partial charge in [-0.25, -0.2) is 0 Å². The third kappa shape index (κ3) is 5.12. The van der Waals surface area contributed by atoms with Crippen molar-refractivity contribution in [3.63, 3.8) is 0 Å². The molecule has 0 fully saturated rings. The number of carbonyl (C=O) groups excluding carboxylic acids is 1. The first-order chi connectivity index (χ1) is 15.1. The number of halogens is 22. The van der Waals surface area contributed by atoms with Gasteiger partial charge in [0.2, 0.25) is 0 Å². The van der Waals surface area contributed by atoms with E-state index >= 15 is 0 Å². The largest absolute Gasteiger partial charge is 1.00 e. The van der Waals surface area contributed by atoms with E-state index < -0.39 is 71.0 Å². The Kier molecular flexibility index (Phi) is 9.78. The van der Waals surface area contributed by atoms with Crippen LogP contribution in [0.4, 0.5) is 96.6 Å². The molecule has 0 spiro atoms. The van der Waals surface area contributed by atoms with E-state index in [4.69, 9.17) is 0 Å². The second kappa shape index (κ2) is 9.52. The summed E-state index contributed by atoms with van der Waals surface area (Å²) in [4.78, 5) is 4.33. The average molecular weight is 619 g/mol. The van der Waals surface area contributed by atoms with Crippen LogP contribution in [0.2, 0.25) is 0 Å². The maximum absolute atomic E-state index is 13.7. The van der Waals surface area contributed by atoms with Gasteiger partial charge in [-0.15, -0.1) is 4.90 Å². The van der Waals surface area contributed by atoms with Gasteiger partial charge < -0.3 is 9.90 Å². The number of nitrogens with zero attached hydrogens (tertiary/aromatic N) is 1. The second-order valence-corrected chi connectivity index (χ2v) is 6.11. The summed E-state index contributed by atoms with van der Waals surface area (Å²) in [6.07, 6.45) is -16.4. The summed E-state index contributed by atoms with van der Waals surface area (Å²) in [6.45, 7) is 0. The fraction of sp³-hybridized carbons (Fsp3) is 0.909. The Morgan fingerprint density at radius 3 is 0.811 bits per heavy atom. The van der Waals surface area contributed by atoms with E-state index in [1.165, 1.54) is 0 Å². The summed E-state index contributed by atoms with van der Waals surface area (Å²) in [5.74, 6) is -48.9. The molecule has 0 N–H and O–H groups in total. The molecule has 0 unspecified atom stereocenters. The fourth-order valence-electron chi connectivity index (χ4n) is 1.81. The molecule has 0 aromatic carbocycles. The monoisotopic (exact) mass is 619 g/mol. The number of carboxylic acid groups (broad SMARTS) is 1. The Bertz CT molecular complexity index is 793. The number of hydrogen-bond donors (Lipinski definition) is 0. The summed E-state index contributed by atoms with van der Waals surface area (Å²) < 4.78 is 285. The molecule has 0 bridgehead atoms. The molecule has 0 aliphatic rings. The van der Waals surface area contributed by atoms with Gasteiger partial charge in [0.15, 0.2) is 0 Å². The molecule has 0 aliphatic heterocycles. The van der Waals surface area contributed by atoms with Crippen LogP contribution in [0.5, 0.6) is 0 Å². The minimum absolute atomic E-state index is 0. The van der Waals surface area contributed by atoms with Gasteiger partial charge in [-0.05, 0) is 0 Å². The van der Waals surface area contributed by atoms with Gasteiger partial charge in [-0.2, -0.15) is 96.6 Å². The van der Waals surface area contributed by atoms with Crippen molar-refractivity contribution in [2.45, 2.75) is 60.1 Å². The Hall–Kier alpha value is -1.11. The van der Waals surface area contributed by atoms with E-state index in [0.717, 1.165) is 0 Å².